The summed E-state index contributed by atoms with van der Waals surface area (Å²) in [4.78, 5) is 0.295. The fraction of sp³-hybridized carbons (Fsp3) is 0.455. The summed E-state index contributed by atoms with van der Waals surface area (Å²) in [6, 6.07) is 6.74. The van der Waals surface area contributed by atoms with Crippen LogP contribution in [0.25, 0.3) is 0 Å². The standard InChI is InChI=1S/C11H16INO3S2/c12-10-2-4-11(5-3-10)18(15,16)13-6-9-17-8-1-7-14/h2-5,13-14H,1,6-9H2. The van der Waals surface area contributed by atoms with Crippen LogP contribution in [0.3, 0.4) is 0 Å². The molecule has 0 aromatic heterocycles. The highest BCUT2D eigenvalue weighted by Gasteiger charge is 2.12. The molecular formula is C11H16INO3S2. The molecule has 0 spiro atoms. The van der Waals surface area contributed by atoms with E-state index in [0.29, 0.717) is 17.2 Å². The van der Waals surface area contributed by atoms with E-state index in [1.54, 1.807) is 36.0 Å². The molecule has 0 aliphatic heterocycles. The number of sulfonamides is 1. The van der Waals surface area contributed by atoms with Crippen LogP contribution < -0.4 is 4.72 Å². The van der Waals surface area contributed by atoms with E-state index >= 15 is 0 Å². The van der Waals surface area contributed by atoms with Crippen LogP contribution in [0.4, 0.5) is 0 Å². The van der Waals surface area contributed by atoms with Crippen molar-refractivity contribution in [3.63, 3.8) is 0 Å². The van der Waals surface area contributed by atoms with Crippen LogP contribution >= 0.6 is 34.4 Å². The monoisotopic (exact) mass is 401 g/mol. The van der Waals surface area contributed by atoms with Gasteiger partial charge in [0.2, 0.25) is 10.0 Å². The van der Waals surface area contributed by atoms with Crippen LogP contribution in [0.5, 0.6) is 0 Å². The fourth-order valence-corrected chi connectivity index (χ4v) is 3.52. The second-order valence-electron chi connectivity index (χ2n) is 3.54. The first kappa shape index (κ1) is 16.2. The van der Waals surface area contributed by atoms with Gasteiger partial charge in [0, 0.05) is 22.5 Å². The van der Waals surface area contributed by atoms with Gasteiger partial charge in [0.25, 0.3) is 0 Å². The van der Waals surface area contributed by atoms with Crippen LogP contribution in [0.2, 0.25) is 0 Å². The average molecular weight is 401 g/mol. The smallest absolute Gasteiger partial charge is 0.240 e. The molecule has 1 aromatic carbocycles. The Hall–Kier alpha value is 0.170. The van der Waals surface area contributed by atoms with Crippen molar-refractivity contribution in [1.29, 1.82) is 0 Å². The molecule has 0 fully saturated rings. The Balaban J connectivity index is 2.38. The first-order valence-electron chi connectivity index (χ1n) is 5.50. The van der Waals surface area contributed by atoms with Crippen molar-refractivity contribution < 1.29 is 13.5 Å². The molecule has 0 saturated carbocycles. The highest BCUT2D eigenvalue weighted by molar-refractivity contribution is 14.1. The van der Waals surface area contributed by atoms with Crippen molar-refractivity contribution in [3.8, 4) is 0 Å². The summed E-state index contributed by atoms with van der Waals surface area (Å²) in [6.07, 6.45) is 0.745. The summed E-state index contributed by atoms with van der Waals surface area (Å²) in [7, 11) is -3.39. The van der Waals surface area contributed by atoms with Gasteiger partial charge in [0.15, 0.2) is 0 Å². The van der Waals surface area contributed by atoms with Gasteiger partial charge in [-0.2, -0.15) is 11.8 Å². The second-order valence-corrected chi connectivity index (χ2v) is 7.78. The highest BCUT2D eigenvalue weighted by Crippen LogP contribution is 2.12. The summed E-state index contributed by atoms with van der Waals surface area (Å²) >= 11 is 3.76. The van der Waals surface area contributed by atoms with Crippen molar-refractivity contribution in [2.45, 2.75) is 11.3 Å². The molecule has 0 heterocycles. The van der Waals surface area contributed by atoms with E-state index < -0.39 is 10.0 Å². The topological polar surface area (TPSA) is 66.4 Å². The number of benzene rings is 1. The molecule has 0 radical (unpaired) electrons. The maximum absolute atomic E-state index is 11.9. The van der Waals surface area contributed by atoms with Gasteiger partial charge < -0.3 is 5.11 Å². The largest absolute Gasteiger partial charge is 0.396 e. The van der Waals surface area contributed by atoms with Crippen LogP contribution in [-0.4, -0.2) is 38.2 Å². The lowest BCUT2D eigenvalue weighted by Crippen LogP contribution is -2.26. The Kier molecular flexibility index (Phi) is 7.54. The average Bonchev–Trinajstić information content (AvgIpc) is 2.34. The zero-order valence-electron chi connectivity index (χ0n) is 9.80. The van der Waals surface area contributed by atoms with Gasteiger partial charge >= 0.3 is 0 Å². The van der Waals surface area contributed by atoms with Crippen molar-refractivity contribution in [2.75, 3.05) is 24.7 Å². The number of hydrogen-bond acceptors (Lipinski definition) is 4. The number of thioether (sulfide) groups is 1. The van der Waals surface area contributed by atoms with E-state index in [2.05, 4.69) is 27.3 Å². The first-order valence-corrected chi connectivity index (χ1v) is 9.22. The van der Waals surface area contributed by atoms with Crippen LogP contribution in [0, 0.1) is 3.57 Å². The van der Waals surface area contributed by atoms with Crippen molar-refractivity contribution in [1.82, 2.24) is 4.72 Å². The summed E-state index contributed by atoms with van der Waals surface area (Å²) in [5.74, 6) is 1.56. The normalized spacial score (nSPS) is 11.7. The molecule has 0 amide bonds. The Morgan fingerprint density at radius 3 is 2.50 bits per heavy atom. The molecule has 0 atom stereocenters. The van der Waals surface area contributed by atoms with Crippen molar-refractivity contribution in [2.24, 2.45) is 0 Å². The van der Waals surface area contributed by atoms with Gasteiger partial charge in [0.1, 0.15) is 0 Å². The van der Waals surface area contributed by atoms with Crippen molar-refractivity contribution in [3.05, 3.63) is 27.8 Å². The molecule has 4 nitrogen and oxygen atoms in total. The molecule has 0 aliphatic carbocycles. The molecule has 0 aliphatic rings. The molecule has 1 aromatic rings. The van der Waals surface area contributed by atoms with Crippen LogP contribution in [0.15, 0.2) is 29.2 Å². The molecule has 18 heavy (non-hydrogen) atoms. The number of hydrogen-bond donors (Lipinski definition) is 2. The predicted molar refractivity (Wildman–Crippen MR) is 83.4 cm³/mol. The van der Waals surface area contributed by atoms with Gasteiger partial charge in [-0.05, 0) is 59.0 Å². The third-order valence-corrected chi connectivity index (χ3v) is 5.38. The van der Waals surface area contributed by atoms with Crippen molar-refractivity contribution >= 4 is 44.4 Å². The fourth-order valence-electron chi connectivity index (χ4n) is 1.21. The molecule has 0 bridgehead atoms. The minimum absolute atomic E-state index is 0.182. The third-order valence-electron chi connectivity index (χ3n) is 2.11. The molecule has 1 rings (SSSR count). The maximum Gasteiger partial charge on any atom is 0.240 e. The molecule has 0 saturated heterocycles. The molecular weight excluding hydrogens is 385 g/mol. The van der Waals surface area contributed by atoms with E-state index in [1.165, 1.54) is 0 Å². The van der Waals surface area contributed by atoms with Gasteiger partial charge in [-0.15, -0.1) is 0 Å². The number of rotatable bonds is 8. The quantitative estimate of drug-likeness (QED) is 0.514. The number of nitrogens with one attached hydrogen (secondary N) is 1. The SMILES string of the molecule is O=S(=O)(NCCSCCCO)c1ccc(I)cc1. The number of halogens is 1. The Morgan fingerprint density at radius 1 is 1.22 bits per heavy atom. The summed E-state index contributed by atoms with van der Waals surface area (Å²) < 4.78 is 27.3. The van der Waals surface area contributed by atoms with Gasteiger partial charge in [-0.1, -0.05) is 0 Å². The van der Waals surface area contributed by atoms with E-state index in [9.17, 15) is 8.42 Å². The van der Waals surface area contributed by atoms with E-state index in [4.69, 9.17) is 5.11 Å². The minimum atomic E-state index is -3.39. The first-order chi connectivity index (χ1) is 8.56. The zero-order valence-corrected chi connectivity index (χ0v) is 13.6. The minimum Gasteiger partial charge on any atom is -0.396 e. The maximum atomic E-state index is 11.9. The van der Waals surface area contributed by atoms with Gasteiger partial charge in [-0.3, -0.25) is 0 Å². The zero-order chi connectivity index (χ0) is 13.4. The number of aliphatic hydroxyl groups excluding tert-OH is 1. The van der Waals surface area contributed by atoms with E-state index in [-0.39, 0.29) is 6.61 Å². The molecule has 2 N–H and O–H groups in total. The van der Waals surface area contributed by atoms with Gasteiger partial charge in [-0.25, -0.2) is 13.1 Å². The Bertz CT molecular complexity index is 448. The summed E-state index contributed by atoms with van der Waals surface area (Å²) in [5.41, 5.74) is 0. The highest BCUT2D eigenvalue weighted by atomic mass is 127. The lowest BCUT2D eigenvalue weighted by Gasteiger charge is -2.06. The van der Waals surface area contributed by atoms with Crippen LogP contribution in [0.1, 0.15) is 6.42 Å². The second kappa shape index (κ2) is 8.36. The lowest BCUT2D eigenvalue weighted by molar-refractivity contribution is 0.296. The van der Waals surface area contributed by atoms with E-state index in [0.717, 1.165) is 15.7 Å². The summed E-state index contributed by atoms with van der Waals surface area (Å²) in [6.45, 7) is 0.589. The number of aliphatic hydroxyl groups is 1. The Morgan fingerprint density at radius 2 is 1.89 bits per heavy atom. The van der Waals surface area contributed by atoms with Crippen LogP contribution in [-0.2, 0) is 10.0 Å². The Labute approximate surface area is 126 Å². The van der Waals surface area contributed by atoms with E-state index in [1.807, 2.05) is 0 Å². The summed E-state index contributed by atoms with van der Waals surface area (Å²) in [5, 5.41) is 8.60. The van der Waals surface area contributed by atoms with Gasteiger partial charge in [0.05, 0.1) is 4.90 Å². The third kappa shape index (κ3) is 5.87. The molecule has 7 heteroatoms. The predicted octanol–water partition coefficient (Wildman–Crippen LogP) is 1.69. The molecule has 102 valence electrons. The molecule has 0 unspecified atom stereocenters. The lowest BCUT2D eigenvalue weighted by atomic mass is 10.4.